The van der Waals surface area contributed by atoms with E-state index < -0.39 is 0 Å². The molecule has 0 saturated carbocycles. The number of thioether (sulfide) groups is 1. The van der Waals surface area contributed by atoms with Crippen LogP contribution in [-0.2, 0) is 31.2 Å². The van der Waals surface area contributed by atoms with Crippen LogP contribution in [-0.4, -0.2) is 56.5 Å². The predicted molar refractivity (Wildman–Crippen MR) is 136 cm³/mol. The Kier molecular flexibility index (Phi) is 7.25. The molecule has 0 spiro atoms. The number of thiophene rings is 1. The zero-order valence-corrected chi connectivity index (χ0v) is 21.7. The average Bonchev–Trinajstić information content (AvgIpc) is 3.25. The lowest BCUT2D eigenvalue weighted by Gasteiger charge is -2.15. The lowest BCUT2D eigenvalue weighted by molar-refractivity contribution is -0.113. The summed E-state index contributed by atoms with van der Waals surface area (Å²) in [6, 6.07) is 0. The number of hydrogen-bond acceptors (Lipinski definition) is 7. The highest BCUT2D eigenvalue weighted by atomic mass is 32.2. The number of rotatable bonds is 8. The van der Waals surface area contributed by atoms with Crippen molar-refractivity contribution in [3.05, 3.63) is 32.2 Å². The second-order valence-electron chi connectivity index (χ2n) is 8.91. The van der Waals surface area contributed by atoms with E-state index >= 15 is 0 Å². The Hall–Kier alpha value is -2.17. The molecular formula is C23H32N6O2S2. The summed E-state index contributed by atoms with van der Waals surface area (Å²) in [5.41, 5.74) is 3.70. The van der Waals surface area contributed by atoms with E-state index in [1.807, 2.05) is 35.0 Å². The number of carbonyl (C=O) groups excluding carboxylic acids is 1. The fraction of sp³-hybridized carbons (Fsp3) is 0.565. The van der Waals surface area contributed by atoms with E-state index in [1.54, 1.807) is 20.6 Å². The summed E-state index contributed by atoms with van der Waals surface area (Å²) in [6.45, 7) is 5.29. The average molecular weight is 489 g/mol. The van der Waals surface area contributed by atoms with Crippen LogP contribution in [0.2, 0.25) is 0 Å². The van der Waals surface area contributed by atoms with Crippen LogP contribution in [0.3, 0.4) is 0 Å². The van der Waals surface area contributed by atoms with Crippen LogP contribution < -0.4 is 10.9 Å². The largest absolute Gasteiger partial charge is 0.322 e. The number of aromatic nitrogens is 4. The molecule has 178 valence electrons. The van der Waals surface area contributed by atoms with Crippen LogP contribution in [0.4, 0.5) is 5.69 Å². The summed E-state index contributed by atoms with van der Waals surface area (Å²) in [5.74, 6) is 0.0590. The first-order valence-corrected chi connectivity index (χ1v) is 13.2. The third-order valence-corrected chi connectivity index (χ3v) is 8.29. The molecule has 4 rings (SSSR count). The number of hydrogen-bond donors (Lipinski definition) is 1. The van der Waals surface area contributed by atoms with E-state index in [2.05, 4.69) is 15.3 Å². The zero-order valence-electron chi connectivity index (χ0n) is 20.0. The normalized spacial score (nSPS) is 13.6. The Bertz CT molecular complexity index is 1240. The van der Waals surface area contributed by atoms with Gasteiger partial charge in [0.05, 0.1) is 28.2 Å². The third-order valence-electron chi connectivity index (χ3n) is 6.13. The lowest BCUT2D eigenvalue weighted by Crippen LogP contribution is -2.26. The van der Waals surface area contributed by atoms with Crippen molar-refractivity contribution in [1.29, 1.82) is 0 Å². The van der Waals surface area contributed by atoms with Gasteiger partial charge in [0, 0.05) is 18.5 Å². The van der Waals surface area contributed by atoms with Gasteiger partial charge < -0.3 is 10.2 Å². The Morgan fingerprint density at radius 2 is 2.00 bits per heavy atom. The van der Waals surface area contributed by atoms with Crippen molar-refractivity contribution in [3.8, 4) is 0 Å². The van der Waals surface area contributed by atoms with Gasteiger partial charge in [-0.1, -0.05) is 11.8 Å². The maximum Gasteiger partial charge on any atom is 0.263 e. The van der Waals surface area contributed by atoms with Gasteiger partial charge in [-0.05, 0) is 72.2 Å². The first kappa shape index (κ1) is 24.0. The smallest absolute Gasteiger partial charge is 0.263 e. The number of aryl methyl sites for hydroxylation is 4. The summed E-state index contributed by atoms with van der Waals surface area (Å²) in [6.07, 6.45) is 5.14. The molecule has 0 atom stereocenters. The van der Waals surface area contributed by atoms with Crippen LogP contribution in [0.15, 0.2) is 9.95 Å². The highest BCUT2D eigenvalue weighted by Gasteiger charge is 2.23. The van der Waals surface area contributed by atoms with Gasteiger partial charge in [-0.15, -0.1) is 11.3 Å². The van der Waals surface area contributed by atoms with Gasteiger partial charge >= 0.3 is 0 Å². The van der Waals surface area contributed by atoms with Crippen molar-refractivity contribution in [2.45, 2.75) is 57.7 Å². The van der Waals surface area contributed by atoms with Crippen molar-refractivity contribution < 1.29 is 4.79 Å². The van der Waals surface area contributed by atoms with Gasteiger partial charge in [0.25, 0.3) is 5.56 Å². The van der Waals surface area contributed by atoms with E-state index in [0.717, 1.165) is 59.5 Å². The van der Waals surface area contributed by atoms with E-state index in [1.165, 1.54) is 28.6 Å². The predicted octanol–water partition coefficient (Wildman–Crippen LogP) is 3.37. The molecule has 10 heteroatoms. The summed E-state index contributed by atoms with van der Waals surface area (Å²) < 4.78 is 3.54. The molecule has 3 heterocycles. The molecule has 1 N–H and O–H groups in total. The molecule has 33 heavy (non-hydrogen) atoms. The molecule has 1 amide bonds. The second kappa shape index (κ2) is 9.99. The second-order valence-corrected chi connectivity index (χ2v) is 10.9. The van der Waals surface area contributed by atoms with Gasteiger partial charge in [-0.3, -0.25) is 18.8 Å². The monoisotopic (exact) mass is 488 g/mol. The van der Waals surface area contributed by atoms with Crippen LogP contribution in [0.1, 0.15) is 41.1 Å². The quantitative estimate of drug-likeness (QED) is 0.387. The van der Waals surface area contributed by atoms with Crippen molar-refractivity contribution in [2.24, 2.45) is 7.05 Å². The maximum absolute atomic E-state index is 13.6. The van der Waals surface area contributed by atoms with Gasteiger partial charge in [-0.2, -0.15) is 5.10 Å². The lowest BCUT2D eigenvalue weighted by atomic mass is 9.97. The van der Waals surface area contributed by atoms with E-state index in [4.69, 9.17) is 4.98 Å². The number of carbonyl (C=O) groups is 1. The van der Waals surface area contributed by atoms with Crippen LogP contribution >= 0.6 is 23.1 Å². The van der Waals surface area contributed by atoms with Gasteiger partial charge in [-0.25, -0.2) is 4.98 Å². The minimum atomic E-state index is -0.126. The SMILES string of the molecule is Cc1nn(C)c(C)c1NC(=O)CSc1nc2sc3c(c2c(=O)n1CCCN(C)C)CCCC3. The first-order valence-electron chi connectivity index (χ1n) is 11.4. The fourth-order valence-corrected chi connectivity index (χ4v) is 6.46. The Balaban J connectivity index is 1.60. The molecule has 0 bridgehead atoms. The summed E-state index contributed by atoms with van der Waals surface area (Å²) in [5, 5.41) is 8.76. The Labute approximate surface area is 202 Å². The number of nitrogens with zero attached hydrogens (tertiary/aromatic N) is 5. The molecule has 3 aromatic heterocycles. The molecule has 8 nitrogen and oxygen atoms in total. The molecule has 0 unspecified atom stereocenters. The van der Waals surface area contributed by atoms with Gasteiger partial charge in [0.15, 0.2) is 5.16 Å². The fourth-order valence-electron chi connectivity index (χ4n) is 4.33. The highest BCUT2D eigenvalue weighted by Crippen LogP contribution is 2.34. The molecule has 0 aliphatic heterocycles. The number of anilines is 1. The van der Waals surface area contributed by atoms with E-state index in [0.29, 0.717) is 11.7 Å². The van der Waals surface area contributed by atoms with Gasteiger partial charge in [0.1, 0.15) is 4.83 Å². The topological polar surface area (TPSA) is 85.0 Å². The standard InChI is InChI=1S/C23H32N6O2S2/c1-14-20(15(2)28(5)26-14)24-18(30)13-32-23-25-21-19(16-9-6-7-10-17(16)33-21)22(31)29(23)12-8-11-27(3)4/h6-13H2,1-5H3,(H,24,30). The van der Waals surface area contributed by atoms with Crippen LogP contribution in [0.25, 0.3) is 10.2 Å². The third kappa shape index (κ3) is 5.02. The van der Waals surface area contributed by atoms with E-state index in [-0.39, 0.29) is 17.2 Å². The minimum Gasteiger partial charge on any atom is -0.322 e. The number of amides is 1. The molecule has 0 fully saturated rings. The molecule has 3 aromatic rings. The molecule has 1 aliphatic rings. The molecule has 0 saturated heterocycles. The number of nitrogens with one attached hydrogen (secondary N) is 1. The first-order chi connectivity index (χ1) is 15.8. The van der Waals surface area contributed by atoms with Crippen LogP contribution in [0.5, 0.6) is 0 Å². The molecule has 1 aliphatic carbocycles. The maximum atomic E-state index is 13.6. The molecular weight excluding hydrogens is 456 g/mol. The zero-order chi connectivity index (χ0) is 23.7. The highest BCUT2D eigenvalue weighted by molar-refractivity contribution is 7.99. The summed E-state index contributed by atoms with van der Waals surface area (Å²) in [4.78, 5) is 35.4. The Morgan fingerprint density at radius 3 is 2.70 bits per heavy atom. The van der Waals surface area contributed by atoms with Crippen molar-refractivity contribution in [2.75, 3.05) is 31.7 Å². The number of fused-ring (bicyclic) bond motifs is 3. The van der Waals surface area contributed by atoms with Crippen molar-refractivity contribution in [1.82, 2.24) is 24.2 Å². The minimum absolute atomic E-state index is 0.0417. The summed E-state index contributed by atoms with van der Waals surface area (Å²) >= 11 is 2.98. The molecule has 0 aromatic carbocycles. The van der Waals surface area contributed by atoms with Crippen molar-refractivity contribution >= 4 is 44.9 Å². The van der Waals surface area contributed by atoms with Gasteiger partial charge in [0.2, 0.25) is 5.91 Å². The Morgan fingerprint density at radius 1 is 1.24 bits per heavy atom. The van der Waals surface area contributed by atoms with Crippen molar-refractivity contribution in [3.63, 3.8) is 0 Å². The van der Waals surface area contributed by atoms with E-state index in [9.17, 15) is 9.59 Å². The molecule has 0 radical (unpaired) electrons. The summed E-state index contributed by atoms with van der Waals surface area (Å²) in [7, 11) is 5.92. The van der Waals surface area contributed by atoms with Crippen LogP contribution in [0, 0.1) is 13.8 Å².